The number of esters is 1. The van der Waals surface area contributed by atoms with Crippen molar-refractivity contribution in [2.24, 2.45) is 0 Å². The van der Waals surface area contributed by atoms with Gasteiger partial charge in [-0.05, 0) is 43.7 Å². The lowest BCUT2D eigenvalue weighted by atomic mass is 9.87. The molecule has 5 heteroatoms. The average Bonchev–Trinajstić information content (AvgIpc) is 3.08. The van der Waals surface area contributed by atoms with Gasteiger partial charge < -0.3 is 14.4 Å². The standard InChI is InChI=1S/C19H25NO4/c1-2-23-19(22)12-14-9-10-20(17-8-4-3-7-16(14)17)18(21)13-15-6-5-11-24-15/h3-4,7-8,14-15H,2,5-6,9-13H2,1H3. The topological polar surface area (TPSA) is 55.8 Å². The quantitative estimate of drug-likeness (QED) is 0.778. The third kappa shape index (κ3) is 3.78. The van der Waals surface area contributed by atoms with Gasteiger partial charge in [0.1, 0.15) is 0 Å². The number of hydrogen-bond donors (Lipinski definition) is 0. The first-order valence-electron chi connectivity index (χ1n) is 8.85. The molecule has 1 amide bonds. The lowest BCUT2D eigenvalue weighted by molar-refractivity contribution is -0.143. The van der Waals surface area contributed by atoms with Crippen LogP contribution in [0.3, 0.4) is 0 Å². The van der Waals surface area contributed by atoms with Crippen LogP contribution in [0.1, 0.15) is 50.5 Å². The smallest absolute Gasteiger partial charge is 0.306 e. The average molecular weight is 331 g/mol. The molecule has 0 aliphatic carbocycles. The highest BCUT2D eigenvalue weighted by Gasteiger charge is 2.31. The SMILES string of the molecule is CCOC(=O)CC1CCN(C(=O)CC2CCCO2)c2ccccc21. The van der Waals surface area contributed by atoms with E-state index in [1.807, 2.05) is 36.1 Å². The summed E-state index contributed by atoms with van der Waals surface area (Å²) in [6.45, 7) is 3.63. The Kier molecular flexibility index (Phi) is 5.51. The lowest BCUT2D eigenvalue weighted by Gasteiger charge is -2.34. The second-order valence-electron chi connectivity index (χ2n) is 6.44. The summed E-state index contributed by atoms with van der Waals surface area (Å²) < 4.78 is 10.7. The summed E-state index contributed by atoms with van der Waals surface area (Å²) >= 11 is 0. The number of nitrogens with zero attached hydrogens (tertiary/aromatic N) is 1. The third-order valence-electron chi connectivity index (χ3n) is 4.81. The van der Waals surface area contributed by atoms with Crippen LogP contribution in [0.4, 0.5) is 5.69 Å². The van der Waals surface area contributed by atoms with Crippen molar-refractivity contribution in [3.63, 3.8) is 0 Å². The molecule has 2 aliphatic rings. The fraction of sp³-hybridized carbons (Fsp3) is 0.579. The third-order valence-corrected chi connectivity index (χ3v) is 4.81. The molecule has 0 N–H and O–H groups in total. The molecule has 2 atom stereocenters. The maximum Gasteiger partial charge on any atom is 0.306 e. The van der Waals surface area contributed by atoms with E-state index in [2.05, 4.69) is 0 Å². The zero-order chi connectivity index (χ0) is 16.9. The molecule has 2 aliphatic heterocycles. The maximum absolute atomic E-state index is 12.7. The number of amides is 1. The van der Waals surface area contributed by atoms with Gasteiger partial charge >= 0.3 is 5.97 Å². The first-order valence-corrected chi connectivity index (χ1v) is 8.85. The number of para-hydroxylation sites is 1. The van der Waals surface area contributed by atoms with Crippen molar-refractivity contribution in [1.29, 1.82) is 0 Å². The van der Waals surface area contributed by atoms with Crippen LogP contribution in [-0.4, -0.2) is 37.7 Å². The summed E-state index contributed by atoms with van der Waals surface area (Å²) in [4.78, 5) is 26.4. The highest BCUT2D eigenvalue weighted by Crippen LogP contribution is 2.37. The zero-order valence-electron chi connectivity index (χ0n) is 14.2. The van der Waals surface area contributed by atoms with Crippen LogP contribution in [0, 0.1) is 0 Å². The van der Waals surface area contributed by atoms with E-state index in [4.69, 9.17) is 9.47 Å². The highest BCUT2D eigenvalue weighted by atomic mass is 16.5. The van der Waals surface area contributed by atoms with Gasteiger partial charge in [0.25, 0.3) is 0 Å². The molecule has 2 heterocycles. The van der Waals surface area contributed by atoms with E-state index in [0.29, 0.717) is 26.0 Å². The van der Waals surface area contributed by atoms with Gasteiger partial charge in [-0.15, -0.1) is 0 Å². The van der Waals surface area contributed by atoms with Crippen LogP contribution in [0.15, 0.2) is 24.3 Å². The van der Waals surface area contributed by atoms with Crippen molar-refractivity contribution in [2.45, 2.75) is 51.0 Å². The van der Waals surface area contributed by atoms with E-state index in [1.165, 1.54) is 0 Å². The highest BCUT2D eigenvalue weighted by molar-refractivity contribution is 5.95. The van der Waals surface area contributed by atoms with E-state index in [1.54, 1.807) is 0 Å². The predicted molar refractivity (Wildman–Crippen MR) is 91.0 cm³/mol. The minimum atomic E-state index is -0.170. The van der Waals surface area contributed by atoms with Crippen molar-refractivity contribution in [3.8, 4) is 0 Å². The molecule has 0 spiro atoms. The Morgan fingerprint density at radius 3 is 2.83 bits per heavy atom. The van der Waals surface area contributed by atoms with Crippen LogP contribution < -0.4 is 4.90 Å². The predicted octanol–water partition coefficient (Wildman–Crippen LogP) is 3.03. The Balaban J connectivity index is 1.73. The molecule has 130 valence electrons. The van der Waals surface area contributed by atoms with E-state index < -0.39 is 0 Å². The second-order valence-corrected chi connectivity index (χ2v) is 6.44. The largest absolute Gasteiger partial charge is 0.466 e. The number of hydrogen-bond acceptors (Lipinski definition) is 4. The summed E-state index contributed by atoms with van der Waals surface area (Å²) in [6.07, 6.45) is 3.66. The first-order chi connectivity index (χ1) is 11.7. The minimum Gasteiger partial charge on any atom is -0.466 e. The second kappa shape index (κ2) is 7.79. The molecular formula is C19H25NO4. The van der Waals surface area contributed by atoms with Gasteiger partial charge in [-0.1, -0.05) is 18.2 Å². The van der Waals surface area contributed by atoms with Crippen LogP contribution in [-0.2, 0) is 19.1 Å². The summed E-state index contributed by atoms with van der Waals surface area (Å²) in [5.41, 5.74) is 2.00. The molecule has 1 aromatic carbocycles. The number of ether oxygens (including phenoxy) is 2. The first kappa shape index (κ1) is 17.0. The van der Waals surface area contributed by atoms with Crippen molar-refractivity contribution in [2.75, 3.05) is 24.7 Å². The van der Waals surface area contributed by atoms with Crippen molar-refractivity contribution in [3.05, 3.63) is 29.8 Å². The molecule has 0 aromatic heterocycles. The minimum absolute atomic E-state index is 0.0573. The molecule has 0 bridgehead atoms. The van der Waals surface area contributed by atoms with Crippen LogP contribution in [0.2, 0.25) is 0 Å². The molecule has 0 radical (unpaired) electrons. The van der Waals surface area contributed by atoms with E-state index in [-0.39, 0.29) is 23.9 Å². The Bertz CT molecular complexity index is 595. The molecule has 1 fully saturated rings. The molecule has 1 saturated heterocycles. The molecule has 2 unspecified atom stereocenters. The van der Waals surface area contributed by atoms with Gasteiger partial charge in [0, 0.05) is 18.8 Å². The summed E-state index contributed by atoms with van der Waals surface area (Å²) in [5.74, 6) is 0.0624. The number of rotatable bonds is 5. The number of carbonyl (C=O) groups is 2. The van der Waals surface area contributed by atoms with E-state index >= 15 is 0 Å². The Hall–Kier alpha value is -1.88. The van der Waals surface area contributed by atoms with Gasteiger partial charge in [0.05, 0.1) is 25.6 Å². The van der Waals surface area contributed by atoms with E-state index in [9.17, 15) is 9.59 Å². The Morgan fingerprint density at radius 1 is 1.25 bits per heavy atom. The van der Waals surface area contributed by atoms with Gasteiger partial charge in [-0.2, -0.15) is 0 Å². The van der Waals surface area contributed by atoms with Gasteiger partial charge in [-0.25, -0.2) is 0 Å². The Morgan fingerprint density at radius 2 is 2.08 bits per heavy atom. The number of anilines is 1. The molecule has 24 heavy (non-hydrogen) atoms. The van der Waals surface area contributed by atoms with Crippen LogP contribution >= 0.6 is 0 Å². The molecule has 5 nitrogen and oxygen atoms in total. The maximum atomic E-state index is 12.7. The van der Waals surface area contributed by atoms with Gasteiger partial charge in [0.15, 0.2) is 0 Å². The molecule has 3 rings (SSSR count). The van der Waals surface area contributed by atoms with E-state index in [0.717, 1.165) is 37.1 Å². The van der Waals surface area contributed by atoms with Crippen molar-refractivity contribution >= 4 is 17.6 Å². The fourth-order valence-electron chi connectivity index (χ4n) is 3.64. The normalized spacial score (nSPS) is 23.0. The number of benzene rings is 1. The van der Waals surface area contributed by atoms with Gasteiger partial charge in [0.2, 0.25) is 5.91 Å². The lowest BCUT2D eigenvalue weighted by Crippen LogP contribution is -2.38. The molecular weight excluding hydrogens is 306 g/mol. The number of fused-ring (bicyclic) bond motifs is 1. The van der Waals surface area contributed by atoms with Crippen molar-refractivity contribution in [1.82, 2.24) is 0 Å². The Labute approximate surface area is 142 Å². The zero-order valence-corrected chi connectivity index (χ0v) is 14.2. The summed E-state index contributed by atoms with van der Waals surface area (Å²) in [5, 5.41) is 0. The van der Waals surface area contributed by atoms with Crippen molar-refractivity contribution < 1.29 is 19.1 Å². The summed E-state index contributed by atoms with van der Waals surface area (Å²) in [6, 6.07) is 7.90. The van der Waals surface area contributed by atoms with Gasteiger partial charge in [-0.3, -0.25) is 9.59 Å². The summed E-state index contributed by atoms with van der Waals surface area (Å²) in [7, 11) is 0. The molecule has 1 aromatic rings. The molecule has 0 saturated carbocycles. The fourth-order valence-corrected chi connectivity index (χ4v) is 3.64. The monoisotopic (exact) mass is 331 g/mol. The van der Waals surface area contributed by atoms with Crippen LogP contribution in [0.25, 0.3) is 0 Å². The van der Waals surface area contributed by atoms with Crippen LogP contribution in [0.5, 0.6) is 0 Å². The number of carbonyl (C=O) groups excluding carboxylic acids is 2.